The van der Waals surface area contributed by atoms with E-state index in [1.807, 2.05) is 30.3 Å². The summed E-state index contributed by atoms with van der Waals surface area (Å²) in [5, 5.41) is 3.01. The molecule has 23 heavy (non-hydrogen) atoms. The maximum Gasteiger partial charge on any atom is 0.225 e. The molecule has 0 saturated carbocycles. The Morgan fingerprint density at radius 2 is 1.52 bits per heavy atom. The van der Waals surface area contributed by atoms with Gasteiger partial charge in [-0.25, -0.2) is 4.39 Å². The molecule has 3 unspecified atom stereocenters. The van der Waals surface area contributed by atoms with Gasteiger partial charge in [0.05, 0.1) is 6.04 Å². The van der Waals surface area contributed by atoms with Crippen LogP contribution in [0.5, 0.6) is 0 Å². The molecule has 0 radical (unpaired) electrons. The van der Waals surface area contributed by atoms with E-state index in [1.165, 1.54) is 12.1 Å². The first kappa shape index (κ1) is 19.1. The van der Waals surface area contributed by atoms with Gasteiger partial charge in [0.15, 0.2) is 0 Å². The van der Waals surface area contributed by atoms with E-state index in [-0.39, 0.29) is 42.1 Å². The number of halogens is 2. The van der Waals surface area contributed by atoms with Crippen molar-refractivity contribution in [3.63, 3.8) is 0 Å². The second-order valence-corrected chi connectivity index (χ2v) is 5.55. The molecule has 124 valence electrons. The third-order valence-electron chi connectivity index (χ3n) is 3.83. The SMILES string of the molecule is CC(N)C(C)C(=O)NC(c1ccccc1)c1ccc(F)cc1.Cl. The van der Waals surface area contributed by atoms with Crippen LogP contribution in [0.2, 0.25) is 0 Å². The molecule has 1 amide bonds. The van der Waals surface area contributed by atoms with Gasteiger partial charge in [0.2, 0.25) is 5.91 Å². The monoisotopic (exact) mass is 336 g/mol. The van der Waals surface area contributed by atoms with E-state index in [0.717, 1.165) is 11.1 Å². The highest BCUT2D eigenvalue weighted by Crippen LogP contribution is 2.23. The number of carbonyl (C=O) groups excluding carboxylic acids is 1. The first-order chi connectivity index (χ1) is 10.5. The fraction of sp³-hybridized carbons (Fsp3) is 0.278. The molecule has 5 heteroatoms. The quantitative estimate of drug-likeness (QED) is 0.878. The third-order valence-corrected chi connectivity index (χ3v) is 3.83. The fourth-order valence-electron chi connectivity index (χ4n) is 2.17. The summed E-state index contributed by atoms with van der Waals surface area (Å²) in [7, 11) is 0. The standard InChI is InChI=1S/C18H21FN2O.ClH/c1-12(13(2)20)18(22)21-17(14-6-4-3-5-7-14)15-8-10-16(19)11-9-15;/h3-13,17H,20H2,1-2H3,(H,21,22);1H. The number of rotatable bonds is 5. The lowest BCUT2D eigenvalue weighted by Crippen LogP contribution is -2.40. The summed E-state index contributed by atoms with van der Waals surface area (Å²) in [4.78, 5) is 12.3. The lowest BCUT2D eigenvalue weighted by molar-refractivity contribution is -0.125. The van der Waals surface area contributed by atoms with Crippen molar-refractivity contribution in [1.29, 1.82) is 0 Å². The topological polar surface area (TPSA) is 55.1 Å². The number of nitrogens with one attached hydrogen (secondary N) is 1. The van der Waals surface area contributed by atoms with Crippen LogP contribution >= 0.6 is 12.4 Å². The summed E-state index contributed by atoms with van der Waals surface area (Å²) < 4.78 is 13.1. The fourth-order valence-corrected chi connectivity index (χ4v) is 2.17. The van der Waals surface area contributed by atoms with Gasteiger partial charge in [-0.3, -0.25) is 4.79 Å². The number of carbonyl (C=O) groups is 1. The van der Waals surface area contributed by atoms with Gasteiger partial charge in [-0.1, -0.05) is 49.4 Å². The Hall–Kier alpha value is -1.91. The Kier molecular flexibility index (Phi) is 7.20. The molecule has 3 nitrogen and oxygen atoms in total. The molecular formula is C18H22ClFN2O. The number of hydrogen-bond donors (Lipinski definition) is 2. The Balaban J connectivity index is 0.00000264. The molecule has 0 saturated heterocycles. The first-order valence-electron chi connectivity index (χ1n) is 7.35. The van der Waals surface area contributed by atoms with Crippen LogP contribution in [0, 0.1) is 11.7 Å². The molecule has 0 aliphatic heterocycles. The van der Waals surface area contributed by atoms with E-state index >= 15 is 0 Å². The normalized spacial score (nSPS) is 14.3. The minimum atomic E-state index is -0.324. The largest absolute Gasteiger partial charge is 0.345 e. The molecular weight excluding hydrogens is 315 g/mol. The van der Waals surface area contributed by atoms with E-state index in [2.05, 4.69) is 5.32 Å². The average Bonchev–Trinajstić information content (AvgIpc) is 2.53. The maximum absolute atomic E-state index is 13.1. The third kappa shape index (κ3) is 5.05. The van der Waals surface area contributed by atoms with Crippen molar-refractivity contribution in [2.75, 3.05) is 0 Å². The Labute approximate surface area is 142 Å². The lowest BCUT2D eigenvalue weighted by Gasteiger charge is -2.23. The first-order valence-corrected chi connectivity index (χ1v) is 7.35. The highest BCUT2D eigenvalue weighted by molar-refractivity contribution is 5.85. The highest BCUT2D eigenvalue weighted by atomic mass is 35.5. The summed E-state index contributed by atoms with van der Waals surface area (Å²) in [6.07, 6.45) is 0. The molecule has 3 atom stereocenters. The summed E-state index contributed by atoms with van der Waals surface area (Å²) in [5.74, 6) is -0.717. The highest BCUT2D eigenvalue weighted by Gasteiger charge is 2.22. The molecule has 0 heterocycles. The van der Waals surface area contributed by atoms with Gasteiger partial charge in [0, 0.05) is 12.0 Å². The zero-order valence-corrected chi connectivity index (χ0v) is 14.0. The van der Waals surface area contributed by atoms with Crippen LogP contribution < -0.4 is 11.1 Å². The molecule has 0 fully saturated rings. The van der Waals surface area contributed by atoms with E-state index in [1.54, 1.807) is 26.0 Å². The predicted molar refractivity (Wildman–Crippen MR) is 92.9 cm³/mol. The van der Waals surface area contributed by atoms with Gasteiger partial charge < -0.3 is 11.1 Å². The smallest absolute Gasteiger partial charge is 0.225 e. The van der Waals surface area contributed by atoms with Crippen molar-refractivity contribution >= 4 is 18.3 Å². The Bertz CT molecular complexity index is 617. The second kappa shape index (κ2) is 8.65. The number of nitrogens with two attached hydrogens (primary N) is 1. The van der Waals surface area contributed by atoms with E-state index in [4.69, 9.17) is 5.73 Å². The van der Waals surface area contributed by atoms with Crippen LogP contribution in [-0.4, -0.2) is 11.9 Å². The van der Waals surface area contributed by atoms with Crippen LogP contribution in [0.1, 0.15) is 31.0 Å². The minimum absolute atomic E-state index is 0. The summed E-state index contributed by atoms with van der Waals surface area (Å²) in [5.41, 5.74) is 7.57. The molecule has 2 rings (SSSR count). The van der Waals surface area contributed by atoms with Gasteiger partial charge in [0.1, 0.15) is 5.82 Å². The van der Waals surface area contributed by atoms with Crippen LogP contribution in [0.4, 0.5) is 4.39 Å². The second-order valence-electron chi connectivity index (χ2n) is 5.55. The average molecular weight is 337 g/mol. The number of benzene rings is 2. The molecule has 0 aliphatic carbocycles. The van der Waals surface area contributed by atoms with Crippen molar-refractivity contribution in [1.82, 2.24) is 5.32 Å². The van der Waals surface area contributed by atoms with Gasteiger partial charge in [0.25, 0.3) is 0 Å². The lowest BCUT2D eigenvalue weighted by atomic mass is 9.96. The molecule has 3 N–H and O–H groups in total. The predicted octanol–water partition coefficient (Wildman–Crippen LogP) is 3.44. The van der Waals surface area contributed by atoms with Crippen molar-refractivity contribution in [3.05, 3.63) is 71.5 Å². The molecule has 0 aliphatic rings. The van der Waals surface area contributed by atoms with Crippen LogP contribution in [0.15, 0.2) is 54.6 Å². The van der Waals surface area contributed by atoms with Crippen LogP contribution in [0.25, 0.3) is 0 Å². The van der Waals surface area contributed by atoms with Gasteiger partial charge in [-0.15, -0.1) is 12.4 Å². The Morgan fingerprint density at radius 3 is 2.04 bits per heavy atom. The van der Waals surface area contributed by atoms with Gasteiger partial charge in [-0.2, -0.15) is 0 Å². The zero-order chi connectivity index (χ0) is 16.1. The molecule has 0 aromatic heterocycles. The van der Waals surface area contributed by atoms with Crippen molar-refractivity contribution < 1.29 is 9.18 Å². The molecule has 0 bridgehead atoms. The van der Waals surface area contributed by atoms with Crippen LogP contribution in [0.3, 0.4) is 0 Å². The molecule has 2 aromatic carbocycles. The molecule has 0 spiro atoms. The van der Waals surface area contributed by atoms with Crippen molar-refractivity contribution in [2.24, 2.45) is 11.7 Å². The summed E-state index contributed by atoms with van der Waals surface area (Å²) in [6.45, 7) is 3.60. The van der Waals surface area contributed by atoms with Gasteiger partial charge in [-0.05, 0) is 30.2 Å². The van der Waals surface area contributed by atoms with Crippen LogP contribution in [-0.2, 0) is 4.79 Å². The van der Waals surface area contributed by atoms with E-state index < -0.39 is 0 Å². The van der Waals surface area contributed by atoms with E-state index in [0.29, 0.717) is 0 Å². The zero-order valence-electron chi connectivity index (χ0n) is 13.2. The Morgan fingerprint density at radius 1 is 1.00 bits per heavy atom. The van der Waals surface area contributed by atoms with E-state index in [9.17, 15) is 9.18 Å². The van der Waals surface area contributed by atoms with Gasteiger partial charge >= 0.3 is 0 Å². The van der Waals surface area contributed by atoms with Crippen molar-refractivity contribution in [2.45, 2.75) is 25.9 Å². The summed E-state index contributed by atoms with van der Waals surface area (Å²) >= 11 is 0. The number of hydrogen-bond acceptors (Lipinski definition) is 2. The minimum Gasteiger partial charge on any atom is -0.345 e. The molecule has 2 aromatic rings. The van der Waals surface area contributed by atoms with Crippen molar-refractivity contribution in [3.8, 4) is 0 Å². The maximum atomic E-state index is 13.1. The number of amides is 1. The summed E-state index contributed by atoms with van der Waals surface area (Å²) in [6, 6.07) is 15.2.